The summed E-state index contributed by atoms with van der Waals surface area (Å²) in [4.78, 5) is 41.1. The number of nitrogens with zero attached hydrogens (tertiary/aromatic N) is 1. The van der Waals surface area contributed by atoms with Crippen molar-refractivity contribution in [3.8, 4) is 0 Å². The van der Waals surface area contributed by atoms with Gasteiger partial charge in [-0.2, -0.15) is 0 Å². The fourth-order valence-electron chi connectivity index (χ4n) is 4.05. The highest BCUT2D eigenvalue weighted by Gasteiger charge is 2.34. The molecule has 3 rings (SSSR count). The van der Waals surface area contributed by atoms with Crippen molar-refractivity contribution in [3.63, 3.8) is 0 Å². The molecule has 0 aliphatic heterocycles. The molecule has 0 radical (unpaired) electrons. The second-order valence-corrected chi connectivity index (χ2v) is 10.0. The first-order valence-electron chi connectivity index (χ1n) is 12.3. The number of amides is 3. The van der Waals surface area contributed by atoms with Crippen LogP contribution >= 0.6 is 0 Å². The number of rotatable bonds is 8. The molecule has 0 spiro atoms. The number of alkyl carbamates (subject to hydrolysis) is 1. The molecule has 37 heavy (non-hydrogen) atoms. The molecule has 3 aromatic rings. The number of benzene rings is 3. The highest BCUT2D eigenvalue weighted by molar-refractivity contribution is 6.00. The maximum atomic E-state index is 13.8. The van der Waals surface area contributed by atoms with E-state index in [4.69, 9.17) is 4.74 Å². The predicted molar refractivity (Wildman–Crippen MR) is 147 cm³/mol. The van der Waals surface area contributed by atoms with Crippen LogP contribution in [0.4, 0.5) is 10.5 Å². The molecule has 2 N–H and O–H groups in total. The molecule has 3 amide bonds. The van der Waals surface area contributed by atoms with E-state index in [9.17, 15) is 14.4 Å². The van der Waals surface area contributed by atoms with Crippen LogP contribution in [0, 0.1) is 6.92 Å². The van der Waals surface area contributed by atoms with Crippen LogP contribution in [0.15, 0.2) is 79.4 Å². The van der Waals surface area contributed by atoms with Crippen LogP contribution in [-0.2, 0) is 14.3 Å². The van der Waals surface area contributed by atoms with Gasteiger partial charge < -0.3 is 20.3 Å². The predicted octanol–water partition coefficient (Wildman–Crippen LogP) is 5.76. The summed E-state index contributed by atoms with van der Waals surface area (Å²) in [5.74, 6) is -0.813. The molecule has 0 aliphatic rings. The van der Waals surface area contributed by atoms with E-state index in [0.717, 1.165) is 16.3 Å². The zero-order chi connectivity index (χ0) is 27.2. The summed E-state index contributed by atoms with van der Waals surface area (Å²) in [5, 5.41) is 7.60. The Morgan fingerprint density at radius 1 is 1.00 bits per heavy atom. The third-order valence-corrected chi connectivity index (χ3v) is 5.65. The third-order valence-electron chi connectivity index (χ3n) is 5.65. The van der Waals surface area contributed by atoms with Gasteiger partial charge in [-0.1, -0.05) is 66.2 Å². The first-order valence-corrected chi connectivity index (χ1v) is 12.3. The van der Waals surface area contributed by atoms with E-state index in [-0.39, 0.29) is 12.5 Å². The van der Waals surface area contributed by atoms with E-state index in [1.807, 2.05) is 73.7 Å². The van der Waals surface area contributed by atoms with E-state index in [1.165, 1.54) is 4.90 Å². The number of ether oxygens (including phenoxy) is 1. The molecule has 0 bridgehead atoms. The molecule has 0 saturated carbocycles. The topological polar surface area (TPSA) is 87.7 Å². The standard InChI is InChI=1S/C30H35N3O4/c1-7-17-33(28(35)21(3)31-29(36)37-30(4,5)6)26(24-14-10-11-20(2)18-24)27(34)32-25-16-15-22-12-8-9-13-23(22)19-25/h7-16,18-19,21,26H,1,17H2,2-6H3,(H,31,36)(H,32,34). The van der Waals surface area contributed by atoms with Gasteiger partial charge in [0, 0.05) is 12.2 Å². The van der Waals surface area contributed by atoms with Crippen molar-refractivity contribution in [2.45, 2.75) is 52.3 Å². The molecule has 2 unspecified atom stereocenters. The third kappa shape index (κ3) is 7.43. The Kier molecular flexibility index (Phi) is 8.71. The maximum absolute atomic E-state index is 13.8. The van der Waals surface area contributed by atoms with Crippen LogP contribution in [0.2, 0.25) is 0 Å². The average Bonchev–Trinajstić information content (AvgIpc) is 2.82. The Morgan fingerprint density at radius 3 is 2.35 bits per heavy atom. The smallest absolute Gasteiger partial charge is 0.408 e. The summed E-state index contributed by atoms with van der Waals surface area (Å²) < 4.78 is 5.30. The lowest BCUT2D eigenvalue weighted by Gasteiger charge is -2.33. The quantitative estimate of drug-likeness (QED) is 0.385. The van der Waals surface area contributed by atoms with Crippen molar-refractivity contribution >= 4 is 34.4 Å². The van der Waals surface area contributed by atoms with Crippen molar-refractivity contribution in [1.82, 2.24) is 10.2 Å². The van der Waals surface area contributed by atoms with Gasteiger partial charge in [0.1, 0.15) is 17.7 Å². The molecular formula is C30H35N3O4. The molecule has 3 aromatic carbocycles. The lowest BCUT2D eigenvalue weighted by Crippen LogP contribution is -2.51. The number of anilines is 1. The van der Waals surface area contributed by atoms with Crippen LogP contribution in [0.1, 0.15) is 44.9 Å². The molecule has 0 fully saturated rings. The Balaban J connectivity index is 1.93. The number of aryl methyl sites for hydroxylation is 1. The average molecular weight is 502 g/mol. The fourth-order valence-corrected chi connectivity index (χ4v) is 4.05. The first-order chi connectivity index (χ1) is 17.5. The second-order valence-electron chi connectivity index (χ2n) is 10.0. The van der Waals surface area contributed by atoms with Gasteiger partial charge >= 0.3 is 6.09 Å². The van der Waals surface area contributed by atoms with Crippen molar-refractivity contribution in [3.05, 3.63) is 90.5 Å². The summed E-state index contributed by atoms with van der Waals surface area (Å²) >= 11 is 0. The van der Waals surface area contributed by atoms with Gasteiger partial charge in [-0.25, -0.2) is 4.79 Å². The number of fused-ring (bicyclic) bond motifs is 1. The lowest BCUT2D eigenvalue weighted by molar-refractivity contribution is -0.139. The van der Waals surface area contributed by atoms with Gasteiger partial charge in [-0.3, -0.25) is 9.59 Å². The maximum Gasteiger partial charge on any atom is 0.408 e. The zero-order valence-corrected chi connectivity index (χ0v) is 22.1. The van der Waals surface area contributed by atoms with Crippen molar-refractivity contribution in [2.24, 2.45) is 0 Å². The van der Waals surface area contributed by atoms with Crippen molar-refractivity contribution < 1.29 is 19.1 Å². The second kappa shape index (κ2) is 11.7. The molecule has 0 heterocycles. The highest BCUT2D eigenvalue weighted by atomic mass is 16.6. The van der Waals surface area contributed by atoms with Gasteiger partial charge in [0.05, 0.1) is 0 Å². The largest absolute Gasteiger partial charge is 0.444 e. The first kappa shape index (κ1) is 27.5. The van der Waals surface area contributed by atoms with Crippen LogP contribution < -0.4 is 10.6 Å². The van der Waals surface area contributed by atoms with E-state index in [1.54, 1.807) is 33.8 Å². The lowest BCUT2D eigenvalue weighted by atomic mass is 10.0. The highest BCUT2D eigenvalue weighted by Crippen LogP contribution is 2.26. The number of carbonyl (C=O) groups is 3. The summed E-state index contributed by atoms with van der Waals surface area (Å²) in [6, 6.07) is 19.1. The Labute approximate surface area is 218 Å². The Bertz CT molecular complexity index is 1300. The zero-order valence-electron chi connectivity index (χ0n) is 22.1. The van der Waals surface area contributed by atoms with E-state index in [0.29, 0.717) is 11.3 Å². The van der Waals surface area contributed by atoms with E-state index < -0.39 is 29.7 Å². The minimum absolute atomic E-state index is 0.100. The molecule has 194 valence electrons. The minimum Gasteiger partial charge on any atom is -0.444 e. The van der Waals surface area contributed by atoms with Crippen molar-refractivity contribution in [1.29, 1.82) is 0 Å². The van der Waals surface area contributed by atoms with Crippen molar-refractivity contribution in [2.75, 3.05) is 11.9 Å². The Hall–Kier alpha value is -4.13. The monoisotopic (exact) mass is 501 g/mol. The summed E-state index contributed by atoms with van der Waals surface area (Å²) in [5.41, 5.74) is 1.51. The molecular weight excluding hydrogens is 466 g/mol. The van der Waals surface area contributed by atoms with Crippen LogP contribution in [0.3, 0.4) is 0 Å². The summed E-state index contributed by atoms with van der Waals surface area (Å²) in [6.45, 7) is 12.6. The SMILES string of the molecule is C=CCN(C(=O)C(C)NC(=O)OC(C)(C)C)C(C(=O)Nc1ccc2ccccc2c1)c1cccc(C)c1. The van der Waals surface area contributed by atoms with E-state index >= 15 is 0 Å². The molecule has 7 heteroatoms. The molecule has 0 saturated heterocycles. The number of nitrogens with one attached hydrogen (secondary N) is 2. The van der Waals surface area contributed by atoms with Gasteiger partial charge in [0.2, 0.25) is 5.91 Å². The van der Waals surface area contributed by atoms with Crippen LogP contribution in [-0.4, -0.2) is 41.0 Å². The van der Waals surface area contributed by atoms with Gasteiger partial charge in [-0.15, -0.1) is 6.58 Å². The van der Waals surface area contributed by atoms with E-state index in [2.05, 4.69) is 17.2 Å². The minimum atomic E-state index is -0.959. The Morgan fingerprint density at radius 2 is 1.70 bits per heavy atom. The van der Waals surface area contributed by atoms with Crippen LogP contribution in [0.5, 0.6) is 0 Å². The fraction of sp³-hybridized carbons (Fsp3) is 0.300. The number of hydrogen-bond donors (Lipinski definition) is 2. The molecule has 0 aromatic heterocycles. The normalized spacial score (nSPS) is 12.8. The number of carbonyl (C=O) groups excluding carboxylic acids is 3. The number of hydrogen-bond acceptors (Lipinski definition) is 4. The molecule has 2 atom stereocenters. The summed E-state index contributed by atoms with van der Waals surface area (Å²) in [6.07, 6.45) is 0.851. The van der Waals surface area contributed by atoms with Gasteiger partial charge in [0.25, 0.3) is 5.91 Å². The molecule has 7 nitrogen and oxygen atoms in total. The molecule has 0 aliphatic carbocycles. The van der Waals surface area contributed by atoms with Gasteiger partial charge in [-0.05, 0) is 63.1 Å². The summed E-state index contributed by atoms with van der Waals surface area (Å²) in [7, 11) is 0. The van der Waals surface area contributed by atoms with Crippen LogP contribution in [0.25, 0.3) is 10.8 Å². The van der Waals surface area contributed by atoms with Gasteiger partial charge in [0.15, 0.2) is 0 Å².